The minimum atomic E-state index is -0.585. The Morgan fingerprint density at radius 1 is 1.57 bits per heavy atom. The molecule has 0 unspecified atom stereocenters. The molecule has 5 N–H and O–H groups in total. The van der Waals surface area contributed by atoms with Gasteiger partial charge in [-0.15, -0.1) is 0 Å². The summed E-state index contributed by atoms with van der Waals surface area (Å²) in [6.45, 7) is -0.153. The maximum atomic E-state index is 11.1. The van der Waals surface area contributed by atoms with Crippen LogP contribution >= 0.6 is 0 Å². The van der Waals surface area contributed by atoms with E-state index >= 15 is 0 Å². The number of nitrogens with one attached hydrogen (secondary N) is 1. The van der Waals surface area contributed by atoms with Crippen molar-refractivity contribution in [2.75, 3.05) is 12.3 Å². The topological polar surface area (TPSA) is 116 Å². The molecule has 1 aromatic heterocycles. The van der Waals surface area contributed by atoms with Gasteiger partial charge in [0.15, 0.2) is 0 Å². The van der Waals surface area contributed by atoms with Crippen molar-refractivity contribution in [2.45, 2.75) is 6.54 Å². The van der Waals surface area contributed by atoms with Gasteiger partial charge < -0.3 is 16.8 Å². The largest absolute Gasteiger partial charge is 0.382 e. The molecule has 0 saturated carbocycles. The third kappa shape index (κ3) is 3.13. The third-order valence-electron chi connectivity index (χ3n) is 1.43. The Kier molecular flexibility index (Phi) is 3.05. The zero-order valence-corrected chi connectivity index (χ0v) is 7.43. The van der Waals surface area contributed by atoms with E-state index in [0.717, 1.165) is 0 Å². The second-order valence-corrected chi connectivity index (χ2v) is 2.68. The molecule has 76 valence electrons. The zero-order chi connectivity index (χ0) is 10.6. The van der Waals surface area contributed by atoms with Crippen molar-refractivity contribution < 1.29 is 9.59 Å². The lowest BCUT2D eigenvalue weighted by Gasteiger charge is -2.02. The molecule has 0 aliphatic carbocycles. The highest BCUT2D eigenvalue weighted by Crippen LogP contribution is 1.94. The van der Waals surface area contributed by atoms with Crippen LogP contribution in [0.2, 0.25) is 0 Å². The molecule has 0 bridgehead atoms. The summed E-state index contributed by atoms with van der Waals surface area (Å²) >= 11 is 0. The van der Waals surface area contributed by atoms with E-state index in [9.17, 15) is 9.59 Å². The lowest BCUT2D eigenvalue weighted by Crippen LogP contribution is -2.35. The summed E-state index contributed by atoms with van der Waals surface area (Å²) < 4.78 is 1.37. The van der Waals surface area contributed by atoms with Gasteiger partial charge in [0.2, 0.25) is 11.8 Å². The number of carbonyl (C=O) groups excluding carboxylic acids is 2. The van der Waals surface area contributed by atoms with Gasteiger partial charge >= 0.3 is 0 Å². The summed E-state index contributed by atoms with van der Waals surface area (Å²) in [5.74, 6) is -0.585. The molecule has 0 aliphatic rings. The molecule has 0 saturated heterocycles. The summed E-state index contributed by atoms with van der Waals surface area (Å²) in [6.07, 6.45) is 1.57. The van der Waals surface area contributed by atoms with Crippen molar-refractivity contribution in [3.05, 3.63) is 12.3 Å². The number of rotatable bonds is 4. The number of anilines is 1. The monoisotopic (exact) mass is 197 g/mol. The van der Waals surface area contributed by atoms with Gasteiger partial charge in [-0.05, 0) is 6.07 Å². The summed E-state index contributed by atoms with van der Waals surface area (Å²) in [6, 6.07) is 1.57. The molecule has 14 heavy (non-hydrogen) atoms. The first-order valence-electron chi connectivity index (χ1n) is 3.92. The molecule has 7 heteroatoms. The van der Waals surface area contributed by atoms with E-state index in [1.165, 1.54) is 4.68 Å². The van der Waals surface area contributed by atoms with Gasteiger partial charge in [0.05, 0.1) is 6.54 Å². The lowest BCUT2D eigenvalue weighted by molar-refractivity contribution is -0.125. The first kappa shape index (κ1) is 10.0. The summed E-state index contributed by atoms with van der Waals surface area (Å²) in [4.78, 5) is 21.4. The Hall–Kier alpha value is -2.05. The van der Waals surface area contributed by atoms with Crippen molar-refractivity contribution >= 4 is 17.6 Å². The van der Waals surface area contributed by atoms with Crippen molar-refractivity contribution in [1.82, 2.24) is 15.1 Å². The Balaban J connectivity index is 2.37. The zero-order valence-electron chi connectivity index (χ0n) is 7.43. The fourth-order valence-electron chi connectivity index (χ4n) is 0.854. The number of nitrogens with two attached hydrogens (primary N) is 2. The standard InChI is InChI=1S/C7H11N5O2/c8-5-1-2-12(11-5)4-7(14)10-3-6(9)13/h1-2H,3-4H2,(H2,8,11)(H2,9,13)(H,10,14). The second-order valence-electron chi connectivity index (χ2n) is 2.68. The average molecular weight is 197 g/mol. The van der Waals surface area contributed by atoms with Crippen LogP contribution in [0.4, 0.5) is 5.82 Å². The minimum absolute atomic E-state index is 0.0183. The van der Waals surface area contributed by atoms with Gasteiger partial charge in [-0.3, -0.25) is 14.3 Å². The molecular formula is C7H11N5O2. The van der Waals surface area contributed by atoms with Gasteiger partial charge in [-0.1, -0.05) is 0 Å². The molecule has 0 fully saturated rings. The highest BCUT2D eigenvalue weighted by molar-refractivity contribution is 5.83. The normalized spacial score (nSPS) is 9.71. The number of primary amides is 1. The number of hydrogen-bond acceptors (Lipinski definition) is 4. The minimum Gasteiger partial charge on any atom is -0.382 e. The van der Waals surface area contributed by atoms with Crippen molar-refractivity contribution in [3.8, 4) is 0 Å². The van der Waals surface area contributed by atoms with E-state index < -0.39 is 5.91 Å². The Morgan fingerprint density at radius 3 is 2.79 bits per heavy atom. The molecule has 7 nitrogen and oxygen atoms in total. The molecule has 0 aromatic carbocycles. The van der Waals surface area contributed by atoms with Crippen LogP contribution in [-0.4, -0.2) is 28.1 Å². The molecule has 0 atom stereocenters. The molecule has 1 aromatic rings. The van der Waals surface area contributed by atoms with Crippen LogP contribution in [0.3, 0.4) is 0 Å². The Bertz CT molecular complexity index is 346. The number of aromatic nitrogens is 2. The first-order valence-corrected chi connectivity index (χ1v) is 3.92. The molecule has 1 rings (SSSR count). The average Bonchev–Trinajstić information content (AvgIpc) is 2.48. The fraction of sp³-hybridized carbons (Fsp3) is 0.286. The lowest BCUT2D eigenvalue weighted by atomic mass is 10.5. The predicted molar refractivity (Wildman–Crippen MR) is 48.8 cm³/mol. The van der Waals surface area contributed by atoms with Gasteiger partial charge in [0, 0.05) is 6.20 Å². The van der Waals surface area contributed by atoms with Crippen LogP contribution < -0.4 is 16.8 Å². The van der Waals surface area contributed by atoms with E-state index in [0.29, 0.717) is 5.82 Å². The summed E-state index contributed by atoms with van der Waals surface area (Å²) in [5, 5.41) is 6.12. The number of carbonyl (C=O) groups is 2. The molecule has 0 radical (unpaired) electrons. The van der Waals surface area contributed by atoms with Crippen molar-refractivity contribution in [1.29, 1.82) is 0 Å². The van der Waals surface area contributed by atoms with Crippen molar-refractivity contribution in [2.24, 2.45) is 5.73 Å². The Morgan fingerprint density at radius 2 is 2.29 bits per heavy atom. The fourth-order valence-corrected chi connectivity index (χ4v) is 0.854. The molecule has 2 amide bonds. The smallest absolute Gasteiger partial charge is 0.242 e. The van der Waals surface area contributed by atoms with E-state index in [1.54, 1.807) is 12.3 Å². The van der Waals surface area contributed by atoms with E-state index in [1.807, 2.05) is 0 Å². The number of amides is 2. The highest BCUT2D eigenvalue weighted by atomic mass is 16.2. The summed E-state index contributed by atoms with van der Waals surface area (Å²) in [5.41, 5.74) is 10.2. The van der Waals surface area contributed by atoms with Gasteiger partial charge in [-0.2, -0.15) is 5.10 Å². The Labute approximate surface area is 80.1 Å². The van der Waals surface area contributed by atoms with Crippen molar-refractivity contribution in [3.63, 3.8) is 0 Å². The first-order chi connectivity index (χ1) is 6.58. The summed E-state index contributed by atoms with van der Waals surface area (Å²) in [7, 11) is 0. The van der Waals surface area contributed by atoms with Crippen LogP contribution in [-0.2, 0) is 16.1 Å². The van der Waals surface area contributed by atoms with E-state index in [2.05, 4.69) is 10.4 Å². The van der Waals surface area contributed by atoms with Gasteiger partial charge in [0.1, 0.15) is 12.4 Å². The molecule has 0 aliphatic heterocycles. The number of nitrogens with zero attached hydrogens (tertiary/aromatic N) is 2. The number of hydrogen-bond donors (Lipinski definition) is 3. The third-order valence-corrected chi connectivity index (χ3v) is 1.43. The quantitative estimate of drug-likeness (QED) is 0.521. The van der Waals surface area contributed by atoms with Crippen LogP contribution in [0.25, 0.3) is 0 Å². The molecular weight excluding hydrogens is 186 g/mol. The van der Waals surface area contributed by atoms with Crippen LogP contribution in [0.15, 0.2) is 12.3 Å². The van der Waals surface area contributed by atoms with E-state index in [-0.39, 0.29) is 19.0 Å². The van der Waals surface area contributed by atoms with Crippen LogP contribution in [0.5, 0.6) is 0 Å². The SMILES string of the molecule is NC(=O)CNC(=O)Cn1ccc(N)n1. The van der Waals surface area contributed by atoms with Crippen LogP contribution in [0.1, 0.15) is 0 Å². The van der Waals surface area contributed by atoms with Crippen LogP contribution in [0, 0.1) is 0 Å². The maximum Gasteiger partial charge on any atom is 0.242 e. The molecule has 0 spiro atoms. The van der Waals surface area contributed by atoms with E-state index in [4.69, 9.17) is 11.5 Å². The van der Waals surface area contributed by atoms with Gasteiger partial charge in [-0.25, -0.2) is 0 Å². The predicted octanol–water partition coefficient (Wildman–Crippen LogP) is -1.93. The van der Waals surface area contributed by atoms with Gasteiger partial charge in [0.25, 0.3) is 0 Å². The molecule has 1 heterocycles. The highest BCUT2D eigenvalue weighted by Gasteiger charge is 2.04. The second kappa shape index (κ2) is 4.26. The number of nitrogen functional groups attached to an aromatic ring is 1. The maximum absolute atomic E-state index is 11.1.